The quantitative estimate of drug-likeness (QED) is 0.495. The lowest BCUT2D eigenvalue weighted by Gasteiger charge is -2.14. The van der Waals surface area contributed by atoms with E-state index in [1.54, 1.807) is 12.1 Å². The van der Waals surface area contributed by atoms with Gasteiger partial charge in [-0.3, -0.25) is 19.7 Å². The summed E-state index contributed by atoms with van der Waals surface area (Å²) in [6.45, 7) is 0.381. The van der Waals surface area contributed by atoms with E-state index in [9.17, 15) is 19.5 Å². The summed E-state index contributed by atoms with van der Waals surface area (Å²) in [7, 11) is 0. The fraction of sp³-hybridized carbons (Fsp3) is 0.160. The van der Waals surface area contributed by atoms with Gasteiger partial charge in [0.15, 0.2) is 0 Å². The molecule has 0 aliphatic heterocycles. The van der Waals surface area contributed by atoms with Crippen molar-refractivity contribution in [3.8, 4) is 11.1 Å². The molecule has 3 aromatic rings. The number of aliphatic carboxylic acids is 1. The second-order valence-corrected chi connectivity index (χ2v) is 7.12. The summed E-state index contributed by atoms with van der Waals surface area (Å²) in [4.78, 5) is 36.0. The van der Waals surface area contributed by atoms with Crippen molar-refractivity contribution < 1.29 is 19.5 Å². The van der Waals surface area contributed by atoms with Crippen LogP contribution in [0.3, 0.4) is 0 Å². The Hall–Kier alpha value is -3.77. The summed E-state index contributed by atoms with van der Waals surface area (Å²) in [6, 6.07) is 25.2. The number of benzene rings is 3. The predicted molar refractivity (Wildman–Crippen MR) is 118 cm³/mol. The summed E-state index contributed by atoms with van der Waals surface area (Å²) >= 11 is 0. The molecule has 0 spiro atoms. The minimum atomic E-state index is -1.04. The molecule has 3 rings (SSSR count). The first-order chi connectivity index (χ1) is 15.0. The summed E-state index contributed by atoms with van der Waals surface area (Å²) in [5.74, 6) is -2.05. The third kappa shape index (κ3) is 6.62. The van der Waals surface area contributed by atoms with Gasteiger partial charge in [-0.2, -0.15) is 0 Å². The highest BCUT2D eigenvalue weighted by atomic mass is 16.4. The molecule has 158 valence electrons. The largest absolute Gasteiger partial charge is 0.480 e. The molecule has 0 unspecified atom stereocenters. The van der Waals surface area contributed by atoms with Crippen LogP contribution in [0.5, 0.6) is 0 Å². The lowest BCUT2D eigenvalue weighted by atomic mass is 10.0. The van der Waals surface area contributed by atoms with E-state index >= 15 is 0 Å². The Balaban J connectivity index is 1.49. The first kappa shape index (κ1) is 21.9. The fourth-order valence-electron chi connectivity index (χ4n) is 3.13. The normalized spacial score (nSPS) is 11.5. The van der Waals surface area contributed by atoms with Crippen LogP contribution in [0.2, 0.25) is 0 Å². The Morgan fingerprint density at radius 1 is 0.774 bits per heavy atom. The number of carboxylic acid groups (broad SMARTS) is 1. The van der Waals surface area contributed by atoms with Crippen LogP contribution in [0, 0.1) is 0 Å². The van der Waals surface area contributed by atoms with Crippen LogP contribution in [0.15, 0.2) is 84.9 Å². The van der Waals surface area contributed by atoms with E-state index in [4.69, 9.17) is 0 Å². The van der Waals surface area contributed by atoms with Crippen molar-refractivity contribution in [3.63, 3.8) is 0 Å². The second-order valence-electron chi connectivity index (χ2n) is 7.12. The predicted octanol–water partition coefficient (Wildman–Crippen LogP) is 3.63. The number of carboxylic acids is 1. The number of rotatable bonds is 9. The second kappa shape index (κ2) is 10.8. The number of carbonyl (C=O) groups is 3. The zero-order valence-electron chi connectivity index (χ0n) is 17.0. The van der Waals surface area contributed by atoms with E-state index in [1.807, 2.05) is 72.8 Å². The van der Waals surface area contributed by atoms with Crippen molar-refractivity contribution in [2.45, 2.75) is 25.4 Å². The van der Waals surface area contributed by atoms with E-state index < -0.39 is 23.8 Å². The SMILES string of the molecule is O=C(CC[C@@H](NCc1ccccc1)C(=O)O)NC(=O)c1ccc(-c2ccccc2)cc1. The van der Waals surface area contributed by atoms with Gasteiger partial charge >= 0.3 is 5.97 Å². The molecule has 0 radical (unpaired) electrons. The molecule has 3 aromatic carbocycles. The van der Waals surface area contributed by atoms with Crippen LogP contribution in [-0.2, 0) is 16.1 Å². The van der Waals surface area contributed by atoms with Crippen molar-refractivity contribution in [1.29, 1.82) is 0 Å². The van der Waals surface area contributed by atoms with Gasteiger partial charge in [0.25, 0.3) is 5.91 Å². The van der Waals surface area contributed by atoms with Crippen LogP contribution < -0.4 is 10.6 Å². The molecule has 3 N–H and O–H groups in total. The third-order valence-corrected chi connectivity index (χ3v) is 4.86. The van der Waals surface area contributed by atoms with Crippen LogP contribution in [0.1, 0.15) is 28.8 Å². The average molecular weight is 416 g/mol. The van der Waals surface area contributed by atoms with Gasteiger partial charge in [0.05, 0.1) is 0 Å². The van der Waals surface area contributed by atoms with Crippen LogP contribution in [0.4, 0.5) is 0 Å². The van der Waals surface area contributed by atoms with Crippen molar-refractivity contribution in [2.75, 3.05) is 0 Å². The van der Waals surface area contributed by atoms with Gasteiger partial charge < -0.3 is 10.4 Å². The Labute approximate surface area is 180 Å². The smallest absolute Gasteiger partial charge is 0.320 e. The maximum Gasteiger partial charge on any atom is 0.320 e. The molecule has 2 amide bonds. The van der Waals surface area contributed by atoms with E-state index in [2.05, 4.69) is 10.6 Å². The molecule has 0 aliphatic carbocycles. The number of hydrogen-bond acceptors (Lipinski definition) is 4. The van der Waals surface area contributed by atoms with Gasteiger partial charge in [-0.15, -0.1) is 0 Å². The molecule has 0 fully saturated rings. The minimum absolute atomic E-state index is 0.0768. The van der Waals surface area contributed by atoms with Gasteiger partial charge in [-0.05, 0) is 35.2 Å². The molecular weight excluding hydrogens is 392 g/mol. The highest BCUT2D eigenvalue weighted by Crippen LogP contribution is 2.19. The number of carbonyl (C=O) groups excluding carboxylic acids is 2. The molecular formula is C25H24N2O4. The van der Waals surface area contributed by atoms with Gasteiger partial charge in [0.2, 0.25) is 5.91 Å². The zero-order chi connectivity index (χ0) is 22.1. The number of imide groups is 1. The zero-order valence-corrected chi connectivity index (χ0v) is 17.0. The van der Waals surface area contributed by atoms with Crippen molar-refractivity contribution in [1.82, 2.24) is 10.6 Å². The van der Waals surface area contributed by atoms with E-state index in [0.29, 0.717) is 12.1 Å². The van der Waals surface area contributed by atoms with Crippen molar-refractivity contribution >= 4 is 17.8 Å². The van der Waals surface area contributed by atoms with Crippen LogP contribution >= 0.6 is 0 Å². The highest BCUT2D eigenvalue weighted by molar-refractivity contribution is 6.04. The molecule has 0 saturated heterocycles. The van der Waals surface area contributed by atoms with Gasteiger partial charge in [0, 0.05) is 18.5 Å². The lowest BCUT2D eigenvalue weighted by Crippen LogP contribution is -2.38. The molecule has 0 heterocycles. The van der Waals surface area contributed by atoms with Gasteiger partial charge in [-0.25, -0.2) is 0 Å². The summed E-state index contributed by atoms with van der Waals surface area (Å²) in [5.41, 5.74) is 3.32. The summed E-state index contributed by atoms with van der Waals surface area (Å²) in [5, 5.41) is 14.6. The number of hydrogen-bond donors (Lipinski definition) is 3. The summed E-state index contributed by atoms with van der Waals surface area (Å²) in [6.07, 6.45) is 0.000814. The van der Waals surface area contributed by atoms with Crippen LogP contribution in [0.25, 0.3) is 11.1 Å². The summed E-state index contributed by atoms with van der Waals surface area (Å²) < 4.78 is 0. The Bertz CT molecular complexity index is 1020. The first-order valence-corrected chi connectivity index (χ1v) is 10.0. The van der Waals surface area contributed by atoms with E-state index in [1.165, 1.54) is 0 Å². The highest BCUT2D eigenvalue weighted by Gasteiger charge is 2.19. The fourth-order valence-corrected chi connectivity index (χ4v) is 3.13. The lowest BCUT2D eigenvalue weighted by molar-refractivity contribution is -0.139. The first-order valence-electron chi connectivity index (χ1n) is 10.0. The van der Waals surface area contributed by atoms with E-state index in [-0.39, 0.29) is 12.8 Å². The molecule has 31 heavy (non-hydrogen) atoms. The number of nitrogens with one attached hydrogen (secondary N) is 2. The maximum atomic E-state index is 12.3. The van der Waals surface area contributed by atoms with Gasteiger partial charge in [0.1, 0.15) is 6.04 Å². The molecule has 0 saturated carbocycles. The van der Waals surface area contributed by atoms with Crippen molar-refractivity contribution in [2.24, 2.45) is 0 Å². The van der Waals surface area contributed by atoms with Crippen molar-refractivity contribution in [3.05, 3.63) is 96.1 Å². The molecule has 1 atom stereocenters. The van der Waals surface area contributed by atoms with E-state index in [0.717, 1.165) is 16.7 Å². The maximum absolute atomic E-state index is 12.3. The standard InChI is InChI=1S/C25H24N2O4/c28-23(16-15-22(25(30)31)26-17-18-7-3-1-4-8-18)27-24(29)21-13-11-20(12-14-21)19-9-5-2-6-10-19/h1-14,22,26H,15-17H2,(H,30,31)(H,27,28,29)/t22-/m1/s1. The minimum Gasteiger partial charge on any atom is -0.480 e. The topological polar surface area (TPSA) is 95.5 Å². The average Bonchev–Trinajstić information content (AvgIpc) is 2.80. The molecule has 0 aliphatic rings. The van der Waals surface area contributed by atoms with Gasteiger partial charge in [-0.1, -0.05) is 72.8 Å². The Morgan fingerprint density at radius 2 is 1.35 bits per heavy atom. The monoisotopic (exact) mass is 416 g/mol. The molecule has 6 heteroatoms. The molecule has 0 aromatic heterocycles. The molecule has 0 bridgehead atoms. The van der Waals surface area contributed by atoms with Crippen LogP contribution in [-0.4, -0.2) is 28.9 Å². The Kier molecular flexibility index (Phi) is 7.67. The third-order valence-electron chi connectivity index (χ3n) is 4.86. The number of amides is 2. The molecule has 6 nitrogen and oxygen atoms in total. The Morgan fingerprint density at radius 3 is 1.97 bits per heavy atom.